The normalized spacial score (nSPS) is 15.5. The molecule has 0 aliphatic carbocycles. The molecule has 0 unspecified atom stereocenters. The maximum Gasteiger partial charge on any atom is 0.253 e. The first-order valence-electron chi connectivity index (χ1n) is 10.6. The minimum atomic E-state index is -3.73. The molecular weight excluding hydrogens is 426 g/mol. The maximum absolute atomic E-state index is 13.3. The Morgan fingerprint density at radius 1 is 1.13 bits per heavy atom. The van der Waals surface area contributed by atoms with E-state index < -0.39 is 10.0 Å². The van der Waals surface area contributed by atoms with Crippen molar-refractivity contribution in [2.45, 2.75) is 37.5 Å². The lowest BCUT2D eigenvalue weighted by atomic mass is 10.1. The van der Waals surface area contributed by atoms with Gasteiger partial charge in [-0.2, -0.15) is 0 Å². The molecule has 0 aromatic heterocycles. The van der Waals surface area contributed by atoms with Crippen LogP contribution >= 0.6 is 11.6 Å². The van der Waals surface area contributed by atoms with Crippen molar-refractivity contribution in [1.29, 1.82) is 0 Å². The molecule has 9 heteroatoms. The van der Waals surface area contributed by atoms with E-state index in [0.29, 0.717) is 31.9 Å². The quantitative estimate of drug-likeness (QED) is 0.476. The van der Waals surface area contributed by atoms with Crippen molar-refractivity contribution in [1.82, 2.24) is 14.1 Å². The highest BCUT2D eigenvalue weighted by atomic mass is 35.5. The van der Waals surface area contributed by atoms with Gasteiger partial charge in [0.25, 0.3) is 5.91 Å². The summed E-state index contributed by atoms with van der Waals surface area (Å²) in [5.41, 5.74) is 0.345. The second-order valence-electron chi connectivity index (χ2n) is 7.74. The van der Waals surface area contributed by atoms with Gasteiger partial charge in [0, 0.05) is 52.4 Å². The highest BCUT2D eigenvalue weighted by Gasteiger charge is 2.24. The number of halogens is 1. The van der Waals surface area contributed by atoms with Gasteiger partial charge in [0.15, 0.2) is 0 Å². The number of benzene rings is 1. The van der Waals surface area contributed by atoms with Crippen molar-refractivity contribution < 1.29 is 17.9 Å². The number of amides is 1. The van der Waals surface area contributed by atoms with Crippen molar-refractivity contribution in [2.24, 2.45) is 0 Å². The molecule has 0 spiro atoms. The number of hydrogen-bond donors (Lipinski definition) is 0. The summed E-state index contributed by atoms with van der Waals surface area (Å²) in [7, 11) is -0.841. The minimum absolute atomic E-state index is 0.0425. The van der Waals surface area contributed by atoms with Gasteiger partial charge < -0.3 is 9.64 Å². The first kappa shape index (κ1) is 25.1. The molecule has 170 valence electrons. The topological polar surface area (TPSA) is 70.2 Å². The summed E-state index contributed by atoms with van der Waals surface area (Å²) in [6.07, 6.45) is 4.26. The van der Waals surface area contributed by atoms with Crippen LogP contribution in [0.1, 0.15) is 43.0 Å². The molecule has 1 fully saturated rings. The largest absolute Gasteiger partial charge is 0.379 e. The van der Waals surface area contributed by atoms with E-state index in [0.717, 1.165) is 49.6 Å². The number of ether oxygens (including phenoxy) is 1. The van der Waals surface area contributed by atoms with Crippen molar-refractivity contribution >= 4 is 27.5 Å². The van der Waals surface area contributed by atoms with E-state index in [1.165, 1.54) is 26.2 Å². The number of hydrogen-bond acceptors (Lipinski definition) is 5. The summed E-state index contributed by atoms with van der Waals surface area (Å²) in [6.45, 7) is 7.35. The van der Waals surface area contributed by atoms with Gasteiger partial charge in [0.2, 0.25) is 10.0 Å². The smallest absolute Gasteiger partial charge is 0.253 e. The summed E-state index contributed by atoms with van der Waals surface area (Å²) >= 11 is 6.14. The van der Waals surface area contributed by atoms with Crippen LogP contribution in [0.3, 0.4) is 0 Å². The predicted octanol–water partition coefficient (Wildman–Crippen LogP) is 2.95. The van der Waals surface area contributed by atoms with Crippen LogP contribution in [0, 0.1) is 0 Å². The Labute approximate surface area is 186 Å². The van der Waals surface area contributed by atoms with E-state index in [1.807, 2.05) is 4.90 Å². The molecule has 30 heavy (non-hydrogen) atoms. The van der Waals surface area contributed by atoms with E-state index >= 15 is 0 Å². The number of sulfonamides is 1. The molecule has 1 aromatic rings. The molecule has 0 bridgehead atoms. The lowest BCUT2D eigenvalue weighted by molar-refractivity contribution is 0.0324. The van der Waals surface area contributed by atoms with Crippen LogP contribution < -0.4 is 0 Å². The fourth-order valence-corrected chi connectivity index (χ4v) is 4.74. The zero-order chi connectivity index (χ0) is 22.1. The molecule has 1 aromatic carbocycles. The Morgan fingerprint density at radius 2 is 1.83 bits per heavy atom. The molecule has 0 atom stereocenters. The van der Waals surface area contributed by atoms with Gasteiger partial charge in [-0.1, -0.05) is 37.8 Å². The Kier molecular flexibility index (Phi) is 10.0. The SMILES string of the molecule is CCCCCCN(CCN1CCOCC1)C(=O)c1ccc(Cl)c(S(=O)(=O)N(C)C)c1. The Bertz CT molecular complexity index is 795. The van der Waals surface area contributed by atoms with Gasteiger partial charge in [-0.15, -0.1) is 0 Å². The van der Waals surface area contributed by atoms with Crippen LogP contribution in [0.5, 0.6) is 0 Å². The average Bonchev–Trinajstić information content (AvgIpc) is 2.73. The van der Waals surface area contributed by atoms with E-state index in [4.69, 9.17) is 16.3 Å². The van der Waals surface area contributed by atoms with Crippen molar-refractivity contribution in [3.63, 3.8) is 0 Å². The van der Waals surface area contributed by atoms with Gasteiger partial charge in [0.05, 0.1) is 18.2 Å². The third kappa shape index (κ3) is 6.92. The lowest BCUT2D eigenvalue weighted by Gasteiger charge is -2.30. The summed E-state index contributed by atoms with van der Waals surface area (Å²) < 4.78 is 31.6. The van der Waals surface area contributed by atoms with E-state index in [-0.39, 0.29) is 15.8 Å². The van der Waals surface area contributed by atoms with E-state index in [1.54, 1.807) is 6.07 Å². The molecule has 1 saturated heterocycles. The van der Waals surface area contributed by atoms with E-state index in [9.17, 15) is 13.2 Å². The number of carbonyl (C=O) groups is 1. The third-order valence-corrected chi connectivity index (χ3v) is 7.59. The van der Waals surface area contributed by atoms with Crippen LogP contribution in [0.25, 0.3) is 0 Å². The number of morpholine rings is 1. The molecule has 0 N–H and O–H groups in total. The summed E-state index contributed by atoms with van der Waals surface area (Å²) in [4.78, 5) is 17.4. The van der Waals surface area contributed by atoms with Gasteiger partial charge >= 0.3 is 0 Å². The Hall–Kier alpha value is -1.19. The standard InChI is InChI=1S/C21H34ClN3O4S/c1-4-5-6-7-10-25(12-11-24-13-15-29-16-14-24)21(26)18-8-9-19(22)20(17-18)30(27,28)23(2)3/h8-9,17H,4-7,10-16H2,1-3H3. The molecule has 1 aliphatic rings. The lowest BCUT2D eigenvalue weighted by Crippen LogP contribution is -2.43. The molecule has 1 heterocycles. The molecular formula is C21H34ClN3O4S. The van der Waals surface area contributed by atoms with E-state index in [2.05, 4.69) is 11.8 Å². The first-order valence-corrected chi connectivity index (χ1v) is 12.4. The summed E-state index contributed by atoms with van der Waals surface area (Å²) in [5, 5.41) is 0.114. The van der Waals surface area contributed by atoms with Crippen molar-refractivity contribution in [2.75, 3.05) is 60.0 Å². The molecule has 1 amide bonds. The van der Waals surface area contributed by atoms with Crippen LogP contribution in [0.2, 0.25) is 5.02 Å². The molecule has 7 nitrogen and oxygen atoms in total. The molecule has 2 rings (SSSR count). The molecule has 0 radical (unpaired) electrons. The van der Waals surface area contributed by atoms with Gasteiger partial charge in [-0.25, -0.2) is 12.7 Å². The third-order valence-electron chi connectivity index (χ3n) is 5.30. The summed E-state index contributed by atoms with van der Waals surface area (Å²) in [6, 6.07) is 4.49. The maximum atomic E-state index is 13.3. The highest BCUT2D eigenvalue weighted by Crippen LogP contribution is 2.25. The van der Waals surface area contributed by atoms with Crippen LogP contribution in [0.4, 0.5) is 0 Å². The molecule has 0 saturated carbocycles. The fourth-order valence-electron chi connectivity index (χ4n) is 3.34. The second kappa shape index (κ2) is 12.0. The van der Waals surface area contributed by atoms with Crippen LogP contribution in [-0.4, -0.2) is 88.5 Å². The first-order chi connectivity index (χ1) is 14.3. The van der Waals surface area contributed by atoms with Gasteiger partial charge in [-0.3, -0.25) is 9.69 Å². The van der Waals surface area contributed by atoms with Crippen molar-refractivity contribution in [3.05, 3.63) is 28.8 Å². The van der Waals surface area contributed by atoms with Crippen molar-refractivity contribution in [3.8, 4) is 0 Å². The number of nitrogens with zero attached hydrogens (tertiary/aromatic N) is 3. The monoisotopic (exact) mass is 459 g/mol. The molecule has 1 aliphatic heterocycles. The number of rotatable bonds is 11. The zero-order valence-electron chi connectivity index (χ0n) is 18.3. The minimum Gasteiger partial charge on any atom is -0.379 e. The number of unbranched alkanes of at least 4 members (excludes halogenated alkanes) is 3. The predicted molar refractivity (Wildman–Crippen MR) is 120 cm³/mol. The Balaban J connectivity index is 2.18. The fraction of sp³-hybridized carbons (Fsp3) is 0.667. The summed E-state index contributed by atoms with van der Waals surface area (Å²) in [5.74, 6) is -0.161. The number of carbonyl (C=O) groups excluding carboxylic acids is 1. The zero-order valence-corrected chi connectivity index (χ0v) is 19.8. The van der Waals surface area contributed by atoms with Gasteiger partial charge in [0.1, 0.15) is 4.90 Å². The highest BCUT2D eigenvalue weighted by molar-refractivity contribution is 7.89. The van der Waals surface area contributed by atoms with Gasteiger partial charge in [-0.05, 0) is 24.6 Å². The second-order valence-corrected chi connectivity index (χ2v) is 10.3. The van der Waals surface area contributed by atoms with Crippen LogP contribution in [0.15, 0.2) is 23.1 Å². The Morgan fingerprint density at radius 3 is 2.47 bits per heavy atom. The average molecular weight is 460 g/mol. The van der Waals surface area contributed by atoms with Crippen LogP contribution in [-0.2, 0) is 14.8 Å².